The molecule has 1 amide bonds. The number of amides is 1. The van der Waals surface area contributed by atoms with Crippen LogP contribution in [0.4, 0.5) is 0 Å². The second-order valence-electron chi connectivity index (χ2n) is 6.28. The van der Waals surface area contributed by atoms with E-state index >= 15 is 0 Å². The first-order valence-corrected chi connectivity index (χ1v) is 8.30. The van der Waals surface area contributed by atoms with Gasteiger partial charge in [-0.15, -0.1) is 0 Å². The first kappa shape index (κ1) is 16.3. The van der Waals surface area contributed by atoms with Gasteiger partial charge in [0.2, 0.25) is 5.56 Å². The SMILES string of the molecule is Cc1ccccc1OCC1CCCN(C(=O)c2ccc(=O)[nH]c2)C1. The van der Waals surface area contributed by atoms with E-state index in [1.54, 1.807) is 6.07 Å². The summed E-state index contributed by atoms with van der Waals surface area (Å²) in [7, 11) is 0. The maximum absolute atomic E-state index is 12.5. The Labute approximate surface area is 141 Å². The summed E-state index contributed by atoms with van der Waals surface area (Å²) < 4.78 is 5.94. The molecule has 0 saturated carbocycles. The third-order valence-electron chi connectivity index (χ3n) is 4.41. The van der Waals surface area contributed by atoms with Crippen molar-refractivity contribution in [3.05, 3.63) is 64.1 Å². The zero-order valence-corrected chi connectivity index (χ0v) is 13.8. The summed E-state index contributed by atoms with van der Waals surface area (Å²) in [6.07, 6.45) is 3.51. The summed E-state index contributed by atoms with van der Waals surface area (Å²) >= 11 is 0. The van der Waals surface area contributed by atoms with Gasteiger partial charge in [0.1, 0.15) is 5.75 Å². The van der Waals surface area contributed by atoms with Crippen molar-refractivity contribution >= 4 is 5.91 Å². The van der Waals surface area contributed by atoms with Crippen LogP contribution in [0.5, 0.6) is 5.75 Å². The summed E-state index contributed by atoms with van der Waals surface area (Å²) in [5.41, 5.74) is 1.44. The summed E-state index contributed by atoms with van der Waals surface area (Å²) in [5, 5.41) is 0. The lowest BCUT2D eigenvalue weighted by Gasteiger charge is -2.32. The molecule has 1 saturated heterocycles. The van der Waals surface area contributed by atoms with Gasteiger partial charge in [0.25, 0.3) is 5.91 Å². The Morgan fingerprint density at radius 1 is 1.29 bits per heavy atom. The molecular weight excluding hydrogens is 304 g/mol. The van der Waals surface area contributed by atoms with Gasteiger partial charge in [0, 0.05) is 31.3 Å². The normalized spacial score (nSPS) is 17.5. The molecule has 0 aliphatic carbocycles. The summed E-state index contributed by atoms with van der Waals surface area (Å²) in [6, 6.07) is 10.9. The minimum absolute atomic E-state index is 0.0353. The number of benzene rings is 1. The first-order chi connectivity index (χ1) is 11.6. The lowest BCUT2D eigenvalue weighted by Crippen LogP contribution is -2.41. The van der Waals surface area contributed by atoms with Crippen molar-refractivity contribution in [2.24, 2.45) is 5.92 Å². The van der Waals surface area contributed by atoms with Crippen molar-refractivity contribution in [1.82, 2.24) is 9.88 Å². The number of aromatic nitrogens is 1. The molecule has 5 heteroatoms. The Kier molecular flexibility index (Phi) is 4.99. The van der Waals surface area contributed by atoms with Crippen molar-refractivity contribution in [3.8, 4) is 5.75 Å². The smallest absolute Gasteiger partial charge is 0.255 e. The van der Waals surface area contributed by atoms with Crippen molar-refractivity contribution in [1.29, 1.82) is 0 Å². The van der Waals surface area contributed by atoms with Gasteiger partial charge in [-0.05, 0) is 37.5 Å². The fourth-order valence-corrected chi connectivity index (χ4v) is 3.04. The quantitative estimate of drug-likeness (QED) is 0.939. The number of carbonyl (C=O) groups is 1. The molecule has 2 aromatic rings. The van der Waals surface area contributed by atoms with Gasteiger partial charge < -0.3 is 14.6 Å². The zero-order valence-electron chi connectivity index (χ0n) is 13.8. The molecule has 24 heavy (non-hydrogen) atoms. The standard InChI is InChI=1S/C19H22N2O3/c1-14-5-2-3-7-17(14)24-13-15-6-4-10-21(12-15)19(23)16-8-9-18(22)20-11-16/h2-3,5,7-9,11,15H,4,6,10,12-13H2,1H3,(H,20,22). The maximum Gasteiger partial charge on any atom is 0.255 e. The van der Waals surface area contributed by atoms with Gasteiger partial charge in [0.15, 0.2) is 0 Å². The first-order valence-electron chi connectivity index (χ1n) is 8.30. The van der Waals surface area contributed by atoms with E-state index in [1.807, 2.05) is 36.1 Å². The molecule has 1 aliphatic rings. The van der Waals surface area contributed by atoms with Gasteiger partial charge in [-0.1, -0.05) is 18.2 Å². The number of rotatable bonds is 4. The topological polar surface area (TPSA) is 62.4 Å². The molecule has 5 nitrogen and oxygen atoms in total. The number of H-pyrrole nitrogens is 1. The average Bonchev–Trinajstić information content (AvgIpc) is 2.61. The molecule has 1 aromatic heterocycles. The molecule has 1 aliphatic heterocycles. The number of piperidine rings is 1. The summed E-state index contributed by atoms with van der Waals surface area (Å²) in [5.74, 6) is 1.19. The number of carbonyl (C=O) groups excluding carboxylic acids is 1. The molecular formula is C19H22N2O3. The highest BCUT2D eigenvalue weighted by Gasteiger charge is 2.25. The predicted molar refractivity (Wildman–Crippen MR) is 92.4 cm³/mol. The number of likely N-dealkylation sites (tertiary alicyclic amines) is 1. The number of pyridine rings is 1. The number of hydrogen-bond acceptors (Lipinski definition) is 3. The third-order valence-corrected chi connectivity index (χ3v) is 4.41. The van der Waals surface area contributed by atoms with E-state index in [-0.39, 0.29) is 11.5 Å². The molecule has 2 heterocycles. The van der Waals surface area contributed by atoms with E-state index in [0.29, 0.717) is 24.6 Å². The second-order valence-corrected chi connectivity index (χ2v) is 6.28. The molecule has 0 radical (unpaired) electrons. The number of nitrogens with zero attached hydrogens (tertiary/aromatic N) is 1. The molecule has 1 unspecified atom stereocenters. The molecule has 1 N–H and O–H groups in total. The van der Waals surface area contributed by atoms with Crippen LogP contribution in [-0.2, 0) is 0 Å². The van der Waals surface area contributed by atoms with Crippen LogP contribution in [0.25, 0.3) is 0 Å². The molecule has 1 aromatic carbocycles. The predicted octanol–water partition coefficient (Wildman–Crippen LogP) is 2.61. The van der Waals surface area contributed by atoms with Crippen molar-refractivity contribution in [2.45, 2.75) is 19.8 Å². The van der Waals surface area contributed by atoms with Crippen molar-refractivity contribution in [2.75, 3.05) is 19.7 Å². The second kappa shape index (κ2) is 7.34. The number of hydrogen-bond donors (Lipinski definition) is 1. The van der Waals surface area contributed by atoms with E-state index in [2.05, 4.69) is 4.98 Å². The van der Waals surface area contributed by atoms with Crippen LogP contribution < -0.4 is 10.3 Å². The van der Waals surface area contributed by atoms with E-state index in [9.17, 15) is 9.59 Å². The highest BCUT2D eigenvalue weighted by Crippen LogP contribution is 2.22. The largest absolute Gasteiger partial charge is 0.493 e. The lowest BCUT2D eigenvalue weighted by atomic mass is 9.98. The van der Waals surface area contributed by atoms with E-state index in [0.717, 1.165) is 30.7 Å². The van der Waals surface area contributed by atoms with Crippen LogP contribution in [0.15, 0.2) is 47.4 Å². The van der Waals surface area contributed by atoms with Crippen LogP contribution >= 0.6 is 0 Å². The third kappa shape index (κ3) is 3.85. The molecule has 0 bridgehead atoms. The Hall–Kier alpha value is -2.56. The highest BCUT2D eigenvalue weighted by atomic mass is 16.5. The molecule has 1 fully saturated rings. The lowest BCUT2D eigenvalue weighted by molar-refractivity contribution is 0.0632. The Morgan fingerprint density at radius 3 is 2.88 bits per heavy atom. The van der Waals surface area contributed by atoms with E-state index in [4.69, 9.17) is 4.74 Å². The Balaban J connectivity index is 1.60. The average molecular weight is 326 g/mol. The van der Waals surface area contributed by atoms with Gasteiger partial charge in [-0.3, -0.25) is 9.59 Å². The van der Waals surface area contributed by atoms with Gasteiger partial charge in [-0.2, -0.15) is 0 Å². The minimum atomic E-state index is -0.199. The van der Waals surface area contributed by atoms with Crippen LogP contribution in [0.3, 0.4) is 0 Å². The monoisotopic (exact) mass is 326 g/mol. The van der Waals surface area contributed by atoms with Crippen LogP contribution in [0.2, 0.25) is 0 Å². The fourth-order valence-electron chi connectivity index (χ4n) is 3.04. The number of para-hydroxylation sites is 1. The number of aromatic amines is 1. The van der Waals surface area contributed by atoms with Crippen molar-refractivity contribution in [3.63, 3.8) is 0 Å². The highest BCUT2D eigenvalue weighted by molar-refractivity contribution is 5.93. The van der Waals surface area contributed by atoms with Gasteiger partial charge >= 0.3 is 0 Å². The Bertz CT molecular complexity index is 749. The van der Waals surface area contributed by atoms with Crippen LogP contribution in [0, 0.1) is 12.8 Å². The van der Waals surface area contributed by atoms with E-state index < -0.39 is 0 Å². The fraction of sp³-hybridized carbons (Fsp3) is 0.368. The minimum Gasteiger partial charge on any atom is -0.493 e. The van der Waals surface area contributed by atoms with Gasteiger partial charge in [-0.25, -0.2) is 0 Å². The Morgan fingerprint density at radius 2 is 2.12 bits per heavy atom. The molecule has 126 valence electrons. The molecule has 1 atom stereocenters. The summed E-state index contributed by atoms with van der Waals surface area (Å²) in [4.78, 5) is 28.1. The van der Waals surface area contributed by atoms with Crippen LogP contribution in [-0.4, -0.2) is 35.5 Å². The maximum atomic E-state index is 12.5. The number of aryl methyl sites for hydroxylation is 1. The number of nitrogens with one attached hydrogen (secondary N) is 1. The molecule has 3 rings (SSSR count). The molecule has 0 spiro atoms. The van der Waals surface area contributed by atoms with Crippen molar-refractivity contribution < 1.29 is 9.53 Å². The number of ether oxygens (including phenoxy) is 1. The van der Waals surface area contributed by atoms with Gasteiger partial charge in [0.05, 0.1) is 12.2 Å². The zero-order chi connectivity index (χ0) is 16.9. The van der Waals surface area contributed by atoms with E-state index in [1.165, 1.54) is 12.3 Å². The van der Waals surface area contributed by atoms with Crippen LogP contribution in [0.1, 0.15) is 28.8 Å². The summed E-state index contributed by atoms with van der Waals surface area (Å²) in [6.45, 7) is 4.07.